The van der Waals surface area contributed by atoms with Crippen molar-refractivity contribution in [1.82, 2.24) is 4.57 Å². The largest absolute Gasteiger partial charge is 0.253 e. The molecule has 1 aromatic rings. The SMILES string of the molecule is CCCCCCn1cc[n+](CCC)c1C. The number of nitrogens with zero attached hydrogens (tertiary/aromatic N) is 2. The molecule has 2 nitrogen and oxygen atoms in total. The van der Waals surface area contributed by atoms with Gasteiger partial charge in [-0.15, -0.1) is 0 Å². The van der Waals surface area contributed by atoms with E-state index >= 15 is 0 Å². The molecule has 0 aliphatic heterocycles. The fourth-order valence-corrected chi connectivity index (χ4v) is 1.96. The second-order valence-corrected chi connectivity index (χ2v) is 4.29. The molecule has 0 radical (unpaired) electrons. The number of rotatable bonds is 7. The number of aromatic nitrogens is 2. The van der Waals surface area contributed by atoms with Gasteiger partial charge in [-0.1, -0.05) is 26.7 Å². The van der Waals surface area contributed by atoms with E-state index < -0.39 is 0 Å². The van der Waals surface area contributed by atoms with E-state index in [-0.39, 0.29) is 0 Å². The minimum Gasteiger partial charge on any atom is -0.235 e. The Labute approximate surface area is 93.9 Å². The van der Waals surface area contributed by atoms with Crippen molar-refractivity contribution in [1.29, 1.82) is 0 Å². The maximum Gasteiger partial charge on any atom is 0.253 e. The maximum absolute atomic E-state index is 2.38. The maximum atomic E-state index is 2.38. The molecule has 0 saturated carbocycles. The quantitative estimate of drug-likeness (QED) is 0.482. The Hall–Kier alpha value is -0.790. The van der Waals surface area contributed by atoms with Crippen LogP contribution in [0.15, 0.2) is 12.4 Å². The van der Waals surface area contributed by atoms with Gasteiger partial charge in [0.15, 0.2) is 0 Å². The number of imidazole rings is 1. The minimum atomic E-state index is 1.15. The Kier molecular flexibility index (Phi) is 5.44. The molecule has 15 heavy (non-hydrogen) atoms. The first-order chi connectivity index (χ1) is 7.29. The van der Waals surface area contributed by atoms with Crippen molar-refractivity contribution in [3.05, 3.63) is 18.2 Å². The fraction of sp³-hybridized carbons (Fsp3) is 0.769. The molecule has 0 bridgehead atoms. The molecule has 0 aromatic carbocycles. The molecule has 0 atom stereocenters. The molecule has 0 aliphatic rings. The predicted molar refractivity (Wildman–Crippen MR) is 63.8 cm³/mol. The molecule has 0 aliphatic carbocycles. The highest BCUT2D eigenvalue weighted by Gasteiger charge is 2.09. The monoisotopic (exact) mass is 209 g/mol. The Morgan fingerprint density at radius 1 is 1.13 bits per heavy atom. The van der Waals surface area contributed by atoms with Crippen LogP contribution in [0.1, 0.15) is 51.8 Å². The molecule has 2 heteroatoms. The first-order valence-corrected chi connectivity index (χ1v) is 6.34. The van der Waals surface area contributed by atoms with E-state index in [0.29, 0.717) is 0 Å². The van der Waals surface area contributed by atoms with Gasteiger partial charge in [0.25, 0.3) is 5.82 Å². The van der Waals surface area contributed by atoms with Gasteiger partial charge in [0.1, 0.15) is 12.4 Å². The van der Waals surface area contributed by atoms with Crippen LogP contribution in [-0.2, 0) is 13.1 Å². The van der Waals surface area contributed by atoms with Gasteiger partial charge < -0.3 is 0 Å². The van der Waals surface area contributed by atoms with Gasteiger partial charge >= 0.3 is 0 Å². The van der Waals surface area contributed by atoms with Crippen LogP contribution in [0.2, 0.25) is 0 Å². The highest BCUT2D eigenvalue weighted by Crippen LogP contribution is 2.03. The summed E-state index contributed by atoms with van der Waals surface area (Å²) < 4.78 is 4.73. The summed E-state index contributed by atoms with van der Waals surface area (Å²) >= 11 is 0. The zero-order chi connectivity index (χ0) is 11.1. The summed E-state index contributed by atoms with van der Waals surface area (Å²) in [7, 11) is 0. The molecule has 86 valence electrons. The molecule has 0 fully saturated rings. The number of aryl methyl sites for hydroxylation is 2. The van der Waals surface area contributed by atoms with Crippen molar-refractivity contribution in [3.8, 4) is 0 Å². The van der Waals surface area contributed by atoms with E-state index in [0.717, 1.165) is 6.54 Å². The van der Waals surface area contributed by atoms with Crippen LogP contribution in [0.25, 0.3) is 0 Å². The van der Waals surface area contributed by atoms with Gasteiger partial charge in [0.2, 0.25) is 0 Å². The minimum absolute atomic E-state index is 1.15. The van der Waals surface area contributed by atoms with Crippen molar-refractivity contribution in [2.75, 3.05) is 0 Å². The van der Waals surface area contributed by atoms with Crippen molar-refractivity contribution < 1.29 is 4.57 Å². The van der Waals surface area contributed by atoms with Crippen molar-refractivity contribution in [2.45, 2.75) is 66.0 Å². The second-order valence-electron chi connectivity index (χ2n) is 4.29. The van der Waals surface area contributed by atoms with Crippen LogP contribution in [0, 0.1) is 6.92 Å². The van der Waals surface area contributed by atoms with E-state index in [1.807, 2.05) is 0 Å². The highest BCUT2D eigenvalue weighted by atomic mass is 15.1. The third-order valence-electron chi connectivity index (χ3n) is 2.97. The lowest BCUT2D eigenvalue weighted by molar-refractivity contribution is -0.702. The summed E-state index contributed by atoms with van der Waals surface area (Å²) in [6.45, 7) is 9.03. The van der Waals surface area contributed by atoms with E-state index in [1.54, 1.807) is 0 Å². The molecular formula is C13H25N2+. The van der Waals surface area contributed by atoms with E-state index in [9.17, 15) is 0 Å². The van der Waals surface area contributed by atoms with Crippen LogP contribution in [-0.4, -0.2) is 4.57 Å². The topological polar surface area (TPSA) is 8.81 Å². The lowest BCUT2D eigenvalue weighted by Gasteiger charge is -2.00. The van der Waals surface area contributed by atoms with E-state index in [4.69, 9.17) is 0 Å². The van der Waals surface area contributed by atoms with Gasteiger partial charge in [0, 0.05) is 6.92 Å². The summed E-state index contributed by atoms with van der Waals surface area (Å²) in [6.07, 6.45) is 11.0. The fourth-order valence-electron chi connectivity index (χ4n) is 1.96. The summed E-state index contributed by atoms with van der Waals surface area (Å²) in [6, 6.07) is 0. The zero-order valence-corrected chi connectivity index (χ0v) is 10.5. The number of unbranched alkanes of at least 4 members (excludes halogenated alkanes) is 3. The van der Waals surface area contributed by atoms with Crippen LogP contribution in [0.4, 0.5) is 0 Å². The molecule has 1 aromatic heterocycles. The lowest BCUT2D eigenvalue weighted by Crippen LogP contribution is -2.35. The zero-order valence-electron chi connectivity index (χ0n) is 10.5. The van der Waals surface area contributed by atoms with E-state index in [1.165, 1.54) is 44.5 Å². The first-order valence-electron chi connectivity index (χ1n) is 6.34. The second kappa shape index (κ2) is 6.65. The molecule has 0 unspecified atom stereocenters. The Balaban J connectivity index is 2.40. The third kappa shape index (κ3) is 3.69. The average molecular weight is 209 g/mol. The number of hydrogen-bond donors (Lipinski definition) is 0. The van der Waals surface area contributed by atoms with Crippen LogP contribution < -0.4 is 4.57 Å². The standard InChI is InChI=1S/C13H25N2/c1-4-6-7-8-10-15-12-11-14(9-5-2)13(15)3/h11-12H,4-10H2,1-3H3/q+1. The predicted octanol–water partition coefficient (Wildman–Crippen LogP) is 3.07. The normalized spacial score (nSPS) is 10.9. The van der Waals surface area contributed by atoms with Crippen LogP contribution >= 0.6 is 0 Å². The highest BCUT2D eigenvalue weighted by molar-refractivity contribution is 4.79. The average Bonchev–Trinajstić information content (AvgIpc) is 2.57. The number of hydrogen-bond acceptors (Lipinski definition) is 0. The summed E-state index contributed by atoms with van der Waals surface area (Å²) in [5, 5.41) is 0. The Morgan fingerprint density at radius 2 is 1.93 bits per heavy atom. The van der Waals surface area contributed by atoms with E-state index in [2.05, 4.69) is 42.3 Å². The molecular weight excluding hydrogens is 184 g/mol. The third-order valence-corrected chi connectivity index (χ3v) is 2.97. The van der Waals surface area contributed by atoms with Crippen molar-refractivity contribution in [3.63, 3.8) is 0 Å². The molecule has 0 spiro atoms. The van der Waals surface area contributed by atoms with Gasteiger partial charge in [-0.3, -0.25) is 0 Å². The lowest BCUT2D eigenvalue weighted by atomic mass is 10.2. The summed E-state index contributed by atoms with van der Waals surface area (Å²) in [5.41, 5.74) is 0. The van der Waals surface area contributed by atoms with Gasteiger partial charge in [-0.05, 0) is 19.3 Å². The van der Waals surface area contributed by atoms with Gasteiger partial charge in [0.05, 0.1) is 13.1 Å². The summed E-state index contributed by atoms with van der Waals surface area (Å²) in [5.74, 6) is 1.40. The van der Waals surface area contributed by atoms with Crippen molar-refractivity contribution in [2.24, 2.45) is 0 Å². The Morgan fingerprint density at radius 3 is 2.60 bits per heavy atom. The van der Waals surface area contributed by atoms with Crippen LogP contribution in [0.5, 0.6) is 0 Å². The summed E-state index contributed by atoms with van der Waals surface area (Å²) in [4.78, 5) is 0. The van der Waals surface area contributed by atoms with Crippen LogP contribution in [0.3, 0.4) is 0 Å². The first kappa shape index (κ1) is 12.3. The smallest absolute Gasteiger partial charge is 0.235 e. The Bertz CT molecular complexity index is 276. The van der Waals surface area contributed by atoms with Crippen molar-refractivity contribution >= 4 is 0 Å². The molecule has 0 N–H and O–H groups in total. The van der Waals surface area contributed by atoms with Gasteiger partial charge in [-0.2, -0.15) is 0 Å². The van der Waals surface area contributed by atoms with Gasteiger partial charge in [-0.25, -0.2) is 9.13 Å². The molecule has 1 heterocycles. The molecule has 0 amide bonds. The molecule has 1 rings (SSSR count). The molecule has 0 saturated heterocycles.